The first kappa shape index (κ1) is 20.8. The number of halogens is 1. The fourth-order valence-corrected chi connectivity index (χ4v) is 2.13. The molecule has 0 aliphatic heterocycles. The highest BCUT2D eigenvalue weighted by Gasteiger charge is 2.06. The van der Waals surface area contributed by atoms with Gasteiger partial charge in [-0.05, 0) is 55.0 Å². The molecule has 2 N–H and O–H groups in total. The quantitative estimate of drug-likeness (QED) is 0.536. The number of hydrogen-bond donors (Lipinski definition) is 2. The van der Waals surface area contributed by atoms with Crippen LogP contribution >= 0.6 is 0 Å². The van der Waals surface area contributed by atoms with Gasteiger partial charge in [-0.2, -0.15) is 0 Å². The van der Waals surface area contributed by atoms with E-state index >= 15 is 0 Å². The van der Waals surface area contributed by atoms with Crippen molar-refractivity contribution in [2.24, 2.45) is 0 Å². The monoisotopic (exact) mass is 388 g/mol. The number of benzene rings is 2. The van der Waals surface area contributed by atoms with Crippen molar-refractivity contribution in [1.82, 2.24) is 10.9 Å². The molecular weight excluding hydrogens is 367 g/mol. The third-order valence-corrected chi connectivity index (χ3v) is 3.42. The molecule has 28 heavy (non-hydrogen) atoms. The lowest BCUT2D eigenvalue weighted by Gasteiger charge is -2.09. The Morgan fingerprint density at radius 3 is 2.46 bits per heavy atom. The summed E-state index contributed by atoms with van der Waals surface area (Å²) < 4.78 is 28.6. The molecule has 7 nitrogen and oxygen atoms in total. The van der Waals surface area contributed by atoms with Crippen molar-refractivity contribution in [3.05, 3.63) is 59.9 Å². The van der Waals surface area contributed by atoms with Crippen LogP contribution in [0, 0.1) is 5.82 Å². The summed E-state index contributed by atoms with van der Waals surface area (Å²) in [7, 11) is 1.54. The van der Waals surface area contributed by atoms with Gasteiger partial charge in [-0.25, -0.2) is 4.39 Å². The SMILES string of the molecule is CCOc1cc(/C=C/C(=O)NNC(=O)COc2ccc(F)cc2)ccc1OC. The van der Waals surface area contributed by atoms with Gasteiger partial charge in [0.1, 0.15) is 11.6 Å². The molecule has 0 unspecified atom stereocenters. The van der Waals surface area contributed by atoms with E-state index in [2.05, 4.69) is 10.9 Å². The van der Waals surface area contributed by atoms with Crippen LogP contribution in [0.5, 0.6) is 17.2 Å². The van der Waals surface area contributed by atoms with Crippen LogP contribution in [-0.4, -0.2) is 32.1 Å². The number of methoxy groups -OCH3 is 1. The van der Waals surface area contributed by atoms with Crippen molar-refractivity contribution in [3.8, 4) is 17.2 Å². The molecule has 148 valence electrons. The molecule has 0 heterocycles. The van der Waals surface area contributed by atoms with E-state index in [1.54, 1.807) is 31.4 Å². The normalized spacial score (nSPS) is 10.4. The molecule has 0 aliphatic carbocycles. The standard InChI is InChI=1S/C20H21FN2O5/c1-3-27-18-12-14(4-10-17(18)26-2)5-11-19(24)22-23-20(25)13-28-16-8-6-15(21)7-9-16/h4-12H,3,13H2,1-2H3,(H,22,24)(H,23,25)/b11-5+. The molecule has 2 rings (SSSR count). The summed E-state index contributed by atoms with van der Waals surface area (Å²) in [6, 6.07) is 10.5. The number of carbonyl (C=O) groups is 2. The van der Waals surface area contributed by atoms with Gasteiger partial charge in [0.05, 0.1) is 13.7 Å². The van der Waals surface area contributed by atoms with Gasteiger partial charge in [0, 0.05) is 6.08 Å². The van der Waals surface area contributed by atoms with Crippen LogP contribution in [-0.2, 0) is 9.59 Å². The molecule has 0 aliphatic rings. The number of carbonyl (C=O) groups excluding carboxylic acids is 2. The first-order valence-electron chi connectivity index (χ1n) is 8.48. The molecule has 2 amide bonds. The lowest BCUT2D eigenvalue weighted by atomic mass is 10.2. The summed E-state index contributed by atoms with van der Waals surface area (Å²) in [6.45, 7) is 2.01. The van der Waals surface area contributed by atoms with Crippen LogP contribution in [0.2, 0.25) is 0 Å². The Morgan fingerprint density at radius 1 is 1.04 bits per heavy atom. The molecule has 0 aromatic heterocycles. The smallest absolute Gasteiger partial charge is 0.276 e. The van der Waals surface area contributed by atoms with Crippen molar-refractivity contribution in [1.29, 1.82) is 0 Å². The van der Waals surface area contributed by atoms with Crippen molar-refractivity contribution >= 4 is 17.9 Å². The Labute approximate surface area is 162 Å². The second-order valence-corrected chi connectivity index (χ2v) is 5.46. The zero-order valence-corrected chi connectivity index (χ0v) is 15.5. The molecule has 0 saturated carbocycles. The van der Waals surface area contributed by atoms with Crippen molar-refractivity contribution in [3.63, 3.8) is 0 Å². The van der Waals surface area contributed by atoms with Crippen molar-refractivity contribution in [2.75, 3.05) is 20.3 Å². The lowest BCUT2D eigenvalue weighted by Crippen LogP contribution is -2.43. The molecule has 0 fully saturated rings. The Kier molecular flexibility index (Phi) is 7.83. The number of ether oxygens (including phenoxy) is 3. The number of hydrazine groups is 1. The van der Waals surface area contributed by atoms with E-state index in [9.17, 15) is 14.0 Å². The van der Waals surface area contributed by atoms with Crippen LogP contribution < -0.4 is 25.1 Å². The summed E-state index contributed by atoms with van der Waals surface area (Å²) in [5, 5.41) is 0. The van der Waals surface area contributed by atoms with E-state index in [0.29, 0.717) is 23.9 Å². The van der Waals surface area contributed by atoms with Crippen LogP contribution in [0.15, 0.2) is 48.5 Å². The second kappa shape index (κ2) is 10.6. The van der Waals surface area contributed by atoms with Crippen LogP contribution in [0.3, 0.4) is 0 Å². The van der Waals surface area contributed by atoms with Gasteiger partial charge in [-0.15, -0.1) is 0 Å². The summed E-state index contributed by atoms with van der Waals surface area (Å²) in [5.74, 6) is 0.0159. The number of amides is 2. The van der Waals surface area contributed by atoms with Gasteiger partial charge >= 0.3 is 0 Å². The predicted octanol–water partition coefficient (Wildman–Crippen LogP) is 2.47. The minimum Gasteiger partial charge on any atom is -0.493 e. The lowest BCUT2D eigenvalue weighted by molar-refractivity contribution is -0.128. The third kappa shape index (κ3) is 6.64. The molecule has 2 aromatic carbocycles. The van der Waals surface area contributed by atoms with E-state index in [-0.39, 0.29) is 6.61 Å². The number of hydrogen-bond acceptors (Lipinski definition) is 5. The van der Waals surface area contributed by atoms with E-state index in [4.69, 9.17) is 14.2 Å². The molecule has 2 aromatic rings. The zero-order chi connectivity index (χ0) is 20.4. The Morgan fingerprint density at radius 2 is 1.79 bits per heavy atom. The van der Waals surface area contributed by atoms with Gasteiger partial charge in [0.25, 0.3) is 11.8 Å². The molecule has 0 saturated heterocycles. The summed E-state index contributed by atoms with van der Waals surface area (Å²) >= 11 is 0. The van der Waals surface area contributed by atoms with E-state index in [1.807, 2.05) is 6.92 Å². The zero-order valence-electron chi connectivity index (χ0n) is 15.5. The minimum absolute atomic E-state index is 0.328. The number of rotatable bonds is 8. The van der Waals surface area contributed by atoms with Crippen molar-refractivity contribution < 1.29 is 28.2 Å². The fraction of sp³-hybridized carbons (Fsp3) is 0.200. The van der Waals surface area contributed by atoms with E-state index in [0.717, 1.165) is 5.56 Å². The van der Waals surface area contributed by atoms with Crippen molar-refractivity contribution in [2.45, 2.75) is 6.92 Å². The summed E-state index contributed by atoms with van der Waals surface area (Å²) in [6.07, 6.45) is 2.83. The maximum atomic E-state index is 12.8. The average Bonchev–Trinajstić information content (AvgIpc) is 2.70. The van der Waals surface area contributed by atoms with E-state index in [1.165, 1.54) is 30.3 Å². The maximum Gasteiger partial charge on any atom is 0.276 e. The molecule has 0 bridgehead atoms. The van der Waals surface area contributed by atoms with Gasteiger partial charge in [-0.1, -0.05) is 6.07 Å². The Balaban J connectivity index is 1.80. The average molecular weight is 388 g/mol. The first-order valence-corrected chi connectivity index (χ1v) is 8.48. The highest BCUT2D eigenvalue weighted by molar-refractivity contribution is 5.93. The molecular formula is C20H21FN2O5. The highest BCUT2D eigenvalue weighted by Crippen LogP contribution is 2.28. The van der Waals surface area contributed by atoms with Gasteiger partial charge in [0.2, 0.25) is 0 Å². The van der Waals surface area contributed by atoms with Crippen LogP contribution in [0.1, 0.15) is 12.5 Å². The largest absolute Gasteiger partial charge is 0.493 e. The van der Waals surface area contributed by atoms with Crippen LogP contribution in [0.4, 0.5) is 4.39 Å². The first-order chi connectivity index (χ1) is 13.5. The van der Waals surface area contributed by atoms with Gasteiger partial charge in [-0.3, -0.25) is 20.4 Å². The molecule has 8 heteroatoms. The predicted molar refractivity (Wildman–Crippen MR) is 101 cm³/mol. The van der Waals surface area contributed by atoms with Gasteiger partial charge < -0.3 is 14.2 Å². The third-order valence-electron chi connectivity index (χ3n) is 3.42. The van der Waals surface area contributed by atoms with E-state index < -0.39 is 17.6 Å². The van der Waals surface area contributed by atoms with Gasteiger partial charge in [0.15, 0.2) is 18.1 Å². The number of nitrogens with one attached hydrogen (secondary N) is 2. The minimum atomic E-state index is -0.561. The Bertz CT molecular complexity index is 837. The highest BCUT2D eigenvalue weighted by atomic mass is 19.1. The Hall–Kier alpha value is -3.55. The topological polar surface area (TPSA) is 85.9 Å². The molecule has 0 atom stereocenters. The molecule has 0 spiro atoms. The fourth-order valence-electron chi connectivity index (χ4n) is 2.13. The summed E-state index contributed by atoms with van der Waals surface area (Å²) in [5.41, 5.74) is 5.18. The van der Waals surface area contributed by atoms with Crippen LogP contribution in [0.25, 0.3) is 6.08 Å². The second-order valence-electron chi connectivity index (χ2n) is 5.46. The maximum absolute atomic E-state index is 12.8. The molecule has 0 radical (unpaired) electrons. The summed E-state index contributed by atoms with van der Waals surface area (Å²) in [4.78, 5) is 23.5.